The first-order chi connectivity index (χ1) is 10.9. The Hall–Kier alpha value is -1.44. The Morgan fingerprint density at radius 3 is 2.39 bits per heavy atom. The fourth-order valence-electron chi connectivity index (χ4n) is 1.95. The van der Waals surface area contributed by atoms with Gasteiger partial charge in [0.25, 0.3) is 0 Å². The molecule has 1 aromatic heterocycles. The number of aryl methyl sites for hydroxylation is 1. The van der Waals surface area contributed by atoms with Crippen LogP contribution >= 0.6 is 0 Å². The molecule has 0 aliphatic carbocycles. The molecule has 0 saturated heterocycles. The topological polar surface area (TPSA) is 88.6 Å². The van der Waals surface area contributed by atoms with Crippen LogP contribution in [0.3, 0.4) is 0 Å². The molecule has 23 heavy (non-hydrogen) atoms. The highest BCUT2D eigenvalue weighted by atomic mass is 16.5. The molecule has 0 saturated carbocycles. The highest BCUT2D eigenvalue weighted by molar-refractivity contribution is 5.35. The Bertz CT molecular complexity index is 505. The third-order valence-electron chi connectivity index (χ3n) is 3.59. The molecule has 0 spiro atoms. The third-order valence-corrected chi connectivity index (χ3v) is 3.59. The number of hydrogen-bond donors (Lipinski definition) is 1. The molecular formula is C16H31N3O4. The van der Waals surface area contributed by atoms with E-state index in [2.05, 4.69) is 4.98 Å². The number of rotatable bonds is 8. The zero-order valence-electron chi connectivity index (χ0n) is 15.3. The molecule has 0 fully saturated rings. The van der Waals surface area contributed by atoms with E-state index < -0.39 is 11.9 Å². The number of nitrogens with zero attached hydrogens (tertiary/aromatic N) is 2. The van der Waals surface area contributed by atoms with Gasteiger partial charge in [-0.1, -0.05) is 20.8 Å². The van der Waals surface area contributed by atoms with Crippen molar-refractivity contribution in [1.82, 2.24) is 9.55 Å². The summed E-state index contributed by atoms with van der Waals surface area (Å²) in [6.45, 7) is 10.5. The molecule has 134 valence electrons. The summed E-state index contributed by atoms with van der Waals surface area (Å²) in [6.07, 6.45) is 1.10. The van der Waals surface area contributed by atoms with Gasteiger partial charge >= 0.3 is 5.69 Å². The van der Waals surface area contributed by atoms with Gasteiger partial charge in [-0.25, -0.2) is 4.79 Å². The number of hydrogen-bond acceptors (Lipinski definition) is 6. The summed E-state index contributed by atoms with van der Waals surface area (Å²) in [7, 11) is 3.23. The standard InChI is InChI=1S/C14H25N3O4.C2H6/c1-9-8-17(14(18)16-12(9)15)13(21-7-6-19-4)10(2)11(3)20-5;1-2/h8,10-11,13H,6-7H2,1-5H3,(H2,15,16,18);1-2H3. The maximum absolute atomic E-state index is 12.1. The lowest BCUT2D eigenvalue weighted by Crippen LogP contribution is -2.37. The van der Waals surface area contributed by atoms with Crippen molar-refractivity contribution in [3.05, 3.63) is 22.2 Å². The number of methoxy groups -OCH3 is 2. The monoisotopic (exact) mass is 329 g/mol. The predicted octanol–water partition coefficient (Wildman–Crippen LogP) is 1.99. The molecule has 0 aromatic carbocycles. The molecular weight excluding hydrogens is 298 g/mol. The Labute approximate surface area is 138 Å². The van der Waals surface area contributed by atoms with E-state index in [1.807, 2.05) is 27.7 Å². The van der Waals surface area contributed by atoms with E-state index in [4.69, 9.17) is 19.9 Å². The lowest BCUT2D eigenvalue weighted by atomic mass is 10.0. The predicted molar refractivity (Wildman–Crippen MR) is 91.5 cm³/mol. The summed E-state index contributed by atoms with van der Waals surface area (Å²) in [5.74, 6) is 0.189. The van der Waals surface area contributed by atoms with Gasteiger partial charge in [-0.05, 0) is 13.8 Å². The molecule has 0 aliphatic rings. The van der Waals surface area contributed by atoms with Crippen LogP contribution in [0, 0.1) is 12.8 Å². The van der Waals surface area contributed by atoms with Crippen molar-refractivity contribution in [2.45, 2.75) is 47.0 Å². The average Bonchev–Trinajstić information content (AvgIpc) is 2.56. The minimum atomic E-state index is -0.491. The Morgan fingerprint density at radius 1 is 1.26 bits per heavy atom. The van der Waals surface area contributed by atoms with E-state index in [0.717, 1.165) is 5.56 Å². The van der Waals surface area contributed by atoms with Crippen LogP contribution in [0.5, 0.6) is 0 Å². The van der Waals surface area contributed by atoms with Gasteiger partial charge < -0.3 is 19.9 Å². The Balaban J connectivity index is 0.00000232. The van der Waals surface area contributed by atoms with Crippen LogP contribution in [0.25, 0.3) is 0 Å². The minimum absolute atomic E-state index is 0.0469. The van der Waals surface area contributed by atoms with Crippen molar-refractivity contribution in [3.63, 3.8) is 0 Å². The Kier molecular flexibility index (Phi) is 10.5. The fraction of sp³-hybridized carbons (Fsp3) is 0.750. The van der Waals surface area contributed by atoms with Crippen LogP contribution in [0.15, 0.2) is 11.0 Å². The zero-order valence-corrected chi connectivity index (χ0v) is 15.3. The van der Waals surface area contributed by atoms with Crippen molar-refractivity contribution < 1.29 is 14.2 Å². The zero-order chi connectivity index (χ0) is 18.0. The molecule has 1 aromatic rings. The second-order valence-corrected chi connectivity index (χ2v) is 5.05. The van der Waals surface area contributed by atoms with Crippen LogP contribution in [0.4, 0.5) is 5.82 Å². The third kappa shape index (κ3) is 6.29. The molecule has 0 aliphatic heterocycles. The molecule has 1 heterocycles. The fourth-order valence-corrected chi connectivity index (χ4v) is 1.95. The molecule has 0 bridgehead atoms. The molecule has 3 atom stereocenters. The van der Waals surface area contributed by atoms with E-state index in [1.165, 1.54) is 4.57 Å². The molecule has 7 nitrogen and oxygen atoms in total. The van der Waals surface area contributed by atoms with E-state index in [9.17, 15) is 4.79 Å². The average molecular weight is 329 g/mol. The van der Waals surface area contributed by atoms with Gasteiger partial charge in [0.2, 0.25) is 0 Å². The highest BCUT2D eigenvalue weighted by Crippen LogP contribution is 2.23. The van der Waals surface area contributed by atoms with E-state index >= 15 is 0 Å². The number of aromatic nitrogens is 2. The summed E-state index contributed by atoms with van der Waals surface area (Å²) >= 11 is 0. The number of nitrogens with two attached hydrogens (primary N) is 1. The molecule has 1 rings (SSSR count). The summed E-state index contributed by atoms with van der Waals surface area (Å²) in [5.41, 5.74) is 5.96. The molecule has 2 N–H and O–H groups in total. The van der Waals surface area contributed by atoms with Crippen LogP contribution in [-0.4, -0.2) is 43.1 Å². The maximum atomic E-state index is 12.1. The van der Waals surface area contributed by atoms with Crippen molar-refractivity contribution in [2.24, 2.45) is 5.92 Å². The van der Waals surface area contributed by atoms with Crippen molar-refractivity contribution >= 4 is 5.82 Å². The highest BCUT2D eigenvalue weighted by Gasteiger charge is 2.26. The van der Waals surface area contributed by atoms with E-state index in [-0.39, 0.29) is 17.8 Å². The van der Waals surface area contributed by atoms with Gasteiger partial charge in [0.1, 0.15) is 12.0 Å². The van der Waals surface area contributed by atoms with Crippen LogP contribution in [-0.2, 0) is 14.2 Å². The second-order valence-electron chi connectivity index (χ2n) is 5.05. The maximum Gasteiger partial charge on any atom is 0.351 e. The summed E-state index contributed by atoms with van der Waals surface area (Å²) in [5, 5.41) is 0. The van der Waals surface area contributed by atoms with E-state index in [0.29, 0.717) is 13.2 Å². The SMILES string of the molecule is CC.COCCOC(C(C)C(C)OC)n1cc(C)c(N)nc1=O. The lowest BCUT2D eigenvalue weighted by Gasteiger charge is -2.29. The summed E-state index contributed by atoms with van der Waals surface area (Å²) in [6, 6.07) is 0. The first kappa shape index (κ1) is 21.6. The number of nitrogen functional groups attached to an aromatic ring is 1. The van der Waals surface area contributed by atoms with Crippen LogP contribution in [0.2, 0.25) is 0 Å². The van der Waals surface area contributed by atoms with Gasteiger partial charge in [-0.15, -0.1) is 0 Å². The molecule has 3 unspecified atom stereocenters. The van der Waals surface area contributed by atoms with Gasteiger partial charge in [-0.3, -0.25) is 4.57 Å². The van der Waals surface area contributed by atoms with Crippen molar-refractivity contribution in [1.29, 1.82) is 0 Å². The lowest BCUT2D eigenvalue weighted by molar-refractivity contribution is -0.0901. The number of ether oxygens (including phenoxy) is 3. The Morgan fingerprint density at radius 2 is 1.87 bits per heavy atom. The minimum Gasteiger partial charge on any atom is -0.383 e. The van der Waals surface area contributed by atoms with Crippen molar-refractivity contribution in [3.8, 4) is 0 Å². The smallest absolute Gasteiger partial charge is 0.351 e. The molecule has 0 amide bonds. The van der Waals surface area contributed by atoms with Gasteiger partial charge in [0, 0.05) is 31.9 Å². The summed E-state index contributed by atoms with van der Waals surface area (Å²) in [4.78, 5) is 15.9. The quantitative estimate of drug-likeness (QED) is 0.734. The van der Waals surface area contributed by atoms with Crippen LogP contribution in [0.1, 0.15) is 39.5 Å². The number of anilines is 1. The molecule has 0 radical (unpaired) electrons. The first-order valence-corrected chi connectivity index (χ1v) is 7.91. The molecule has 7 heteroatoms. The normalized spacial score (nSPS) is 14.6. The van der Waals surface area contributed by atoms with Crippen LogP contribution < -0.4 is 11.4 Å². The summed E-state index contributed by atoms with van der Waals surface area (Å²) < 4.78 is 17.6. The van der Waals surface area contributed by atoms with Gasteiger partial charge in [-0.2, -0.15) is 4.98 Å². The van der Waals surface area contributed by atoms with Gasteiger partial charge in [0.05, 0.1) is 19.3 Å². The largest absolute Gasteiger partial charge is 0.383 e. The van der Waals surface area contributed by atoms with Gasteiger partial charge in [0.15, 0.2) is 0 Å². The van der Waals surface area contributed by atoms with Crippen molar-refractivity contribution in [2.75, 3.05) is 33.2 Å². The second kappa shape index (κ2) is 11.2. The van der Waals surface area contributed by atoms with E-state index in [1.54, 1.807) is 27.3 Å². The first-order valence-electron chi connectivity index (χ1n) is 7.91.